The van der Waals surface area contributed by atoms with Gasteiger partial charge in [-0.25, -0.2) is 4.98 Å². The second-order valence-electron chi connectivity index (χ2n) is 7.40. The number of aromatic hydroxyl groups is 1. The number of pyridine rings is 1. The maximum atomic E-state index is 12.7. The number of hydrogen-bond acceptors (Lipinski definition) is 6. The Hall–Kier alpha value is -2.33. The minimum atomic E-state index is -0.332. The van der Waals surface area contributed by atoms with Gasteiger partial charge in [-0.3, -0.25) is 14.3 Å². The molecule has 3 heterocycles. The summed E-state index contributed by atoms with van der Waals surface area (Å²) in [5, 5.41) is 20.4. The van der Waals surface area contributed by atoms with Crippen LogP contribution in [-0.4, -0.2) is 25.4 Å². The van der Waals surface area contributed by atoms with Crippen molar-refractivity contribution in [1.29, 1.82) is 5.26 Å². The highest BCUT2D eigenvalue weighted by Gasteiger charge is 2.25. The van der Waals surface area contributed by atoms with E-state index >= 15 is 0 Å². The fraction of sp³-hybridized carbons (Fsp3) is 0.444. The zero-order chi connectivity index (χ0) is 18.4. The fourth-order valence-electron chi connectivity index (χ4n) is 2.86. The minimum Gasteiger partial charge on any atom is -0.506 e. The van der Waals surface area contributed by atoms with Gasteiger partial charge in [0.2, 0.25) is 0 Å². The third-order valence-electron chi connectivity index (χ3n) is 4.09. The van der Waals surface area contributed by atoms with Crippen LogP contribution in [-0.2, 0) is 12.0 Å². The summed E-state index contributed by atoms with van der Waals surface area (Å²) in [4.78, 5) is 21.6. The van der Waals surface area contributed by atoms with Crippen LogP contribution in [0.4, 0.5) is 0 Å². The Morgan fingerprint density at radius 3 is 2.76 bits per heavy atom. The molecule has 0 saturated heterocycles. The normalized spacial score (nSPS) is 17.0. The van der Waals surface area contributed by atoms with Gasteiger partial charge in [0.25, 0.3) is 5.56 Å². The van der Waals surface area contributed by atoms with Crippen molar-refractivity contribution in [2.45, 2.75) is 44.8 Å². The van der Waals surface area contributed by atoms with E-state index in [1.54, 1.807) is 10.8 Å². The Balaban J connectivity index is 2.19. The number of fused-ring (bicyclic) bond motifs is 1. The molecule has 2 aromatic rings. The molecule has 25 heavy (non-hydrogen) atoms. The van der Waals surface area contributed by atoms with Crippen LogP contribution in [0, 0.1) is 17.2 Å². The maximum Gasteiger partial charge on any atom is 0.272 e. The van der Waals surface area contributed by atoms with Crippen molar-refractivity contribution in [1.82, 2.24) is 14.5 Å². The van der Waals surface area contributed by atoms with Crippen molar-refractivity contribution < 1.29 is 5.11 Å². The van der Waals surface area contributed by atoms with E-state index < -0.39 is 0 Å². The SMILES string of the molecule is CC1CSc2nc(-c3cnc(C(C)(C)C)c(O)c3)c(C#N)c(=O)n2C1. The third kappa shape index (κ3) is 3.14. The molecule has 1 unspecified atom stereocenters. The van der Waals surface area contributed by atoms with E-state index in [-0.39, 0.29) is 28.0 Å². The third-order valence-corrected chi connectivity index (χ3v) is 5.39. The molecule has 0 aromatic carbocycles. The molecule has 0 saturated carbocycles. The van der Waals surface area contributed by atoms with Crippen LogP contribution in [0.25, 0.3) is 11.3 Å². The van der Waals surface area contributed by atoms with E-state index in [0.29, 0.717) is 28.9 Å². The van der Waals surface area contributed by atoms with Gasteiger partial charge < -0.3 is 5.11 Å². The summed E-state index contributed by atoms with van der Waals surface area (Å²) in [5.74, 6) is 1.27. The van der Waals surface area contributed by atoms with E-state index in [1.165, 1.54) is 17.8 Å². The molecule has 0 fully saturated rings. The number of aromatic nitrogens is 3. The van der Waals surface area contributed by atoms with Crippen molar-refractivity contribution in [2.24, 2.45) is 5.92 Å². The summed E-state index contributed by atoms with van der Waals surface area (Å²) in [6.45, 7) is 8.50. The topological polar surface area (TPSA) is 91.8 Å². The Labute approximate surface area is 150 Å². The molecular formula is C18H20N4O2S. The molecule has 3 rings (SSSR count). The lowest BCUT2D eigenvalue weighted by Crippen LogP contribution is -2.32. The number of hydrogen-bond donors (Lipinski definition) is 1. The van der Waals surface area contributed by atoms with E-state index in [0.717, 1.165) is 5.75 Å². The van der Waals surface area contributed by atoms with Crippen LogP contribution in [0.3, 0.4) is 0 Å². The van der Waals surface area contributed by atoms with E-state index in [2.05, 4.69) is 16.9 Å². The molecule has 1 aliphatic rings. The van der Waals surface area contributed by atoms with Crippen LogP contribution in [0.2, 0.25) is 0 Å². The number of thioether (sulfide) groups is 1. The first-order valence-electron chi connectivity index (χ1n) is 8.10. The zero-order valence-electron chi connectivity index (χ0n) is 14.7. The second-order valence-corrected chi connectivity index (χ2v) is 8.39. The molecule has 2 aromatic heterocycles. The first-order valence-corrected chi connectivity index (χ1v) is 9.08. The summed E-state index contributed by atoms with van der Waals surface area (Å²) < 4.78 is 1.57. The Kier molecular flexibility index (Phi) is 4.33. The number of nitriles is 1. The van der Waals surface area contributed by atoms with Crippen LogP contribution in [0.15, 0.2) is 22.2 Å². The largest absolute Gasteiger partial charge is 0.506 e. The van der Waals surface area contributed by atoms with Crippen LogP contribution in [0.5, 0.6) is 5.75 Å². The summed E-state index contributed by atoms with van der Waals surface area (Å²) >= 11 is 1.51. The molecule has 7 heteroatoms. The Bertz CT molecular complexity index is 938. The molecule has 1 N–H and O–H groups in total. The van der Waals surface area contributed by atoms with Gasteiger partial charge in [0, 0.05) is 29.5 Å². The van der Waals surface area contributed by atoms with Crippen molar-refractivity contribution in [3.05, 3.63) is 33.9 Å². The number of nitrogens with zero attached hydrogens (tertiary/aromatic N) is 4. The van der Waals surface area contributed by atoms with Crippen LogP contribution in [0.1, 0.15) is 39.0 Å². The second kappa shape index (κ2) is 6.19. The fourth-order valence-corrected chi connectivity index (χ4v) is 3.87. The molecule has 130 valence electrons. The van der Waals surface area contributed by atoms with Gasteiger partial charge >= 0.3 is 0 Å². The van der Waals surface area contributed by atoms with Gasteiger partial charge in [-0.2, -0.15) is 5.26 Å². The molecule has 0 aliphatic carbocycles. The van der Waals surface area contributed by atoms with Crippen molar-refractivity contribution in [2.75, 3.05) is 5.75 Å². The molecule has 0 bridgehead atoms. The lowest BCUT2D eigenvalue weighted by molar-refractivity contribution is 0.438. The standard InChI is InChI=1S/C18H20N4O2S/c1-10-8-22-16(24)12(6-19)14(21-17(22)25-9-10)11-5-13(23)15(20-7-11)18(2,3)4/h5,7,10,23H,8-9H2,1-4H3. The van der Waals surface area contributed by atoms with Crippen molar-refractivity contribution >= 4 is 11.8 Å². The first-order chi connectivity index (χ1) is 11.7. The van der Waals surface area contributed by atoms with Gasteiger partial charge in [0.15, 0.2) is 5.16 Å². The Morgan fingerprint density at radius 1 is 1.44 bits per heavy atom. The predicted molar refractivity (Wildman–Crippen MR) is 96.7 cm³/mol. The summed E-state index contributed by atoms with van der Waals surface area (Å²) in [7, 11) is 0. The molecule has 0 spiro atoms. The lowest BCUT2D eigenvalue weighted by atomic mass is 9.90. The summed E-state index contributed by atoms with van der Waals surface area (Å²) in [6.07, 6.45) is 1.57. The highest BCUT2D eigenvalue weighted by atomic mass is 32.2. The quantitative estimate of drug-likeness (QED) is 0.790. The smallest absolute Gasteiger partial charge is 0.272 e. The highest BCUT2D eigenvalue weighted by Crippen LogP contribution is 2.33. The van der Waals surface area contributed by atoms with Crippen LogP contribution >= 0.6 is 11.8 Å². The van der Waals surface area contributed by atoms with Crippen molar-refractivity contribution in [3.8, 4) is 23.1 Å². The average molecular weight is 356 g/mol. The molecule has 1 atom stereocenters. The lowest BCUT2D eigenvalue weighted by Gasteiger charge is -2.23. The van der Waals surface area contributed by atoms with E-state index in [4.69, 9.17) is 0 Å². The molecular weight excluding hydrogens is 336 g/mol. The molecule has 0 amide bonds. The van der Waals surface area contributed by atoms with Gasteiger partial charge in [0.05, 0.1) is 11.4 Å². The monoisotopic (exact) mass is 356 g/mol. The van der Waals surface area contributed by atoms with Gasteiger partial charge in [0.1, 0.15) is 17.4 Å². The Morgan fingerprint density at radius 2 is 2.16 bits per heavy atom. The molecule has 6 nitrogen and oxygen atoms in total. The number of rotatable bonds is 1. The van der Waals surface area contributed by atoms with Crippen molar-refractivity contribution in [3.63, 3.8) is 0 Å². The first kappa shape index (κ1) is 17.5. The van der Waals surface area contributed by atoms with Crippen LogP contribution < -0.4 is 5.56 Å². The van der Waals surface area contributed by atoms with E-state index in [9.17, 15) is 15.2 Å². The minimum absolute atomic E-state index is 0.0110. The summed E-state index contributed by atoms with van der Waals surface area (Å²) in [6, 6.07) is 3.51. The van der Waals surface area contributed by atoms with Gasteiger partial charge in [-0.05, 0) is 12.0 Å². The highest BCUT2D eigenvalue weighted by molar-refractivity contribution is 7.99. The molecule has 0 radical (unpaired) electrons. The van der Waals surface area contributed by atoms with Gasteiger partial charge in [-0.15, -0.1) is 0 Å². The average Bonchev–Trinajstić information content (AvgIpc) is 2.54. The zero-order valence-corrected chi connectivity index (χ0v) is 15.5. The summed E-state index contributed by atoms with van der Waals surface area (Å²) in [5.41, 5.74) is 0.665. The predicted octanol–water partition coefficient (Wildman–Crippen LogP) is 2.92. The maximum absolute atomic E-state index is 12.7. The molecule has 1 aliphatic heterocycles. The van der Waals surface area contributed by atoms with E-state index in [1.807, 2.05) is 26.8 Å². The van der Waals surface area contributed by atoms with Gasteiger partial charge in [-0.1, -0.05) is 39.5 Å².